The molecule has 0 aliphatic heterocycles. The zero-order chi connectivity index (χ0) is 6.62. The lowest BCUT2D eigenvalue weighted by atomic mass is 10.6. The number of hydrogen-bond donors (Lipinski definition) is 1. The summed E-state index contributed by atoms with van der Waals surface area (Å²) in [6.07, 6.45) is -4.09. The zero-order valence-electron chi connectivity index (χ0n) is 4.42. The van der Waals surface area contributed by atoms with Crippen LogP contribution >= 0.6 is 0 Å². The van der Waals surface area contributed by atoms with Crippen molar-refractivity contribution >= 4 is 0 Å². The average Bonchev–Trinajstić information content (AvgIpc) is 1.59. The van der Waals surface area contributed by atoms with Gasteiger partial charge >= 0.3 is 6.18 Å². The summed E-state index contributed by atoms with van der Waals surface area (Å²) in [4.78, 5) is 0. The lowest BCUT2D eigenvalue weighted by Crippen LogP contribution is -2.25. The Kier molecular flexibility index (Phi) is 2.82. The quantitative estimate of drug-likeness (QED) is 0.588. The third-order valence-electron chi connectivity index (χ3n) is 0.507. The monoisotopic (exact) mass is 126 g/mol. The van der Waals surface area contributed by atoms with Crippen molar-refractivity contribution in [2.45, 2.75) is 13.1 Å². The van der Waals surface area contributed by atoms with Gasteiger partial charge in [-0.1, -0.05) is 0 Å². The van der Waals surface area contributed by atoms with Gasteiger partial charge in [0.25, 0.3) is 0 Å². The Morgan fingerprint density at radius 2 is 2.00 bits per heavy atom. The Morgan fingerprint density at radius 1 is 1.50 bits per heavy atom. The molecule has 0 spiro atoms. The van der Waals surface area contributed by atoms with Crippen LogP contribution in [0, 0.1) is 6.54 Å². The highest BCUT2D eigenvalue weighted by Crippen LogP contribution is 2.11. The average molecular weight is 126 g/mol. The molecule has 0 saturated carbocycles. The molecular weight excluding hydrogens is 119 g/mol. The van der Waals surface area contributed by atoms with Gasteiger partial charge in [-0.3, -0.25) is 0 Å². The first-order valence-corrected chi connectivity index (χ1v) is 2.14. The Balaban J connectivity index is 3.11. The fraction of sp³-hybridized carbons (Fsp3) is 0.750. The molecule has 0 fully saturated rings. The van der Waals surface area contributed by atoms with E-state index in [1.807, 2.05) is 5.32 Å². The van der Waals surface area contributed by atoms with E-state index in [4.69, 9.17) is 0 Å². The maximum absolute atomic E-state index is 11.2. The number of nitrogens with one attached hydrogen (secondary N) is 1. The van der Waals surface area contributed by atoms with Gasteiger partial charge in [-0.2, -0.15) is 13.2 Å². The molecular formula is C4H7F3N. The molecule has 0 bridgehead atoms. The Bertz CT molecular complexity index is 58.8. The maximum atomic E-state index is 11.2. The molecule has 1 radical (unpaired) electrons. The van der Waals surface area contributed by atoms with Gasteiger partial charge in [-0.05, 0) is 6.92 Å². The zero-order valence-corrected chi connectivity index (χ0v) is 4.42. The summed E-state index contributed by atoms with van der Waals surface area (Å²) in [5, 5.41) is 2.04. The molecule has 0 saturated heterocycles. The molecule has 0 aromatic heterocycles. The predicted molar refractivity (Wildman–Crippen MR) is 24.0 cm³/mol. The van der Waals surface area contributed by atoms with E-state index in [0.29, 0.717) is 0 Å². The van der Waals surface area contributed by atoms with E-state index in [0.717, 1.165) is 0 Å². The lowest BCUT2D eigenvalue weighted by molar-refractivity contribution is -0.123. The smallest absolute Gasteiger partial charge is 0.305 e. The molecule has 0 aromatic rings. The molecule has 0 amide bonds. The van der Waals surface area contributed by atoms with Crippen molar-refractivity contribution in [1.82, 2.24) is 5.32 Å². The third kappa shape index (κ3) is 5.75. The van der Waals surface area contributed by atoms with E-state index in [1.54, 1.807) is 0 Å². The minimum absolute atomic E-state index is 0.941. The van der Waals surface area contributed by atoms with Crippen molar-refractivity contribution in [2.24, 2.45) is 0 Å². The number of hydrogen-bond acceptors (Lipinski definition) is 1. The van der Waals surface area contributed by atoms with Gasteiger partial charge in [0.1, 0.15) is 0 Å². The highest BCUT2D eigenvalue weighted by molar-refractivity contribution is 4.58. The SMILES string of the molecule is C[CH]NCC(F)(F)F. The minimum atomic E-state index is -4.09. The Morgan fingerprint density at radius 3 is 2.12 bits per heavy atom. The van der Waals surface area contributed by atoms with Crippen LogP contribution in [-0.2, 0) is 0 Å². The molecule has 0 aromatic carbocycles. The van der Waals surface area contributed by atoms with Gasteiger partial charge in [-0.15, -0.1) is 0 Å². The molecule has 0 aliphatic rings. The van der Waals surface area contributed by atoms with Crippen molar-refractivity contribution in [3.63, 3.8) is 0 Å². The first kappa shape index (κ1) is 7.75. The second-order valence-corrected chi connectivity index (χ2v) is 1.28. The van der Waals surface area contributed by atoms with Crippen LogP contribution in [0.2, 0.25) is 0 Å². The van der Waals surface area contributed by atoms with Gasteiger partial charge in [0, 0.05) is 6.54 Å². The van der Waals surface area contributed by atoms with E-state index in [1.165, 1.54) is 13.5 Å². The van der Waals surface area contributed by atoms with Gasteiger partial charge < -0.3 is 5.32 Å². The van der Waals surface area contributed by atoms with Crippen LogP contribution in [0.5, 0.6) is 0 Å². The van der Waals surface area contributed by atoms with E-state index in [9.17, 15) is 13.2 Å². The largest absolute Gasteiger partial charge is 0.401 e. The van der Waals surface area contributed by atoms with Crippen molar-refractivity contribution in [3.05, 3.63) is 6.54 Å². The van der Waals surface area contributed by atoms with E-state index in [2.05, 4.69) is 0 Å². The van der Waals surface area contributed by atoms with E-state index >= 15 is 0 Å². The van der Waals surface area contributed by atoms with Crippen LogP contribution in [0.25, 0.3) is 0 Å². The second-order valence-electron chi connectivity index (χ2n) is 1.28. The second kappa shape index (κ2) is 2.91. The summed E-state index contributed by atoms with van der Waals surface area (Å²) in [5.74, 6) is 0. The van der Waals surface area contributed by atoms with Crippen molar-refractivity contribution in [2.75, 3.05) is 6.54 Å². The van der Waals surface area contributed by atoms with Gasteiger partial charge in [-0.25, -0.2) is 0 Å². The molecule has 0 rings (SSSR count). The first-order valence-electron chi connectivity index (χ1n) is 2.14. The standard InChI is InChI=1S/C4H7F3N/c1-2-8-3-4(5,6)7/h2,8H,3H2,1H3. The number of halogens is 3. The fourth-order valence-corrected chi connectivity index (χ4v) is 0.218. The molecule has 1 nitrogen and oxygen atoms in total. The normalized spacial score (nSPS) is 12.0. The summed E-state index contributed by atoms with van der Waals surface area (Å²) in [5.41, 5.74) is 0. The maximum Gasteiger partial charge on any atom is 0.401 e. The van der Waals surface area contributed by atoms with E-state index in [-0.39, 0.29) is 0 Å². The highest BCUT2D eigenvalue weighted by Gasteiger charge is 2.25. The van der Waals surface area contributed by atoms with Gasteiger partial charge in [0.2, 0.25) is 0 Å². The van der Waals surface area contributed by atoms with Crippen LogP contribution in [0.3, 0.4) is 0 Å². The third-order valence-corrected chi connectivity index (χ3v) is 0.507. The van der Waals surface area contributed by atoms with Gasteiger partial charge in [0.15, 0.2) is 0 Å². The summed E-state index contributed by atoms with van der Waals surface area (Å²) in [7, 11) is 0. The molecule has 0 unspecified atom stereocenters. The summed E-state index contributed by atoms with van der Waals surface area (Å²) in [6.45, 7) is 1.82. The lowest BCUT2D eigenvalue weighted by Gasteiger charge is -2.03. The molecule has 0 heterocycles. The van der Waals surface area contributed by atoms with Crippen LogP contribution in [-0.4, -0.2) is 12.7 Å². The predicted octanol–water partition coefficient (Wildman–Crippen LogP) is 1.32. The Hall–Kier alpha value is -0.250. The minimum Gasteiger partial charge on any atom is -0.305 e. The van der Waals surface area contributed by atoms with Crippen LogP contribution < -0.4 is 5.32 Å². The van der Waals surface area contributed by atoms with Crippen molar-refractivity contribution in [1.29, 1.82) is 0 Å². The molecule has 49 valence electrons. The van der Waals surface area contributed by atoms with Crippen molar-refractivity contribution < 1.29 is 13.2 Å². The molecule has 8 heavy (non-hydrogen) atoms. The van der Waals surface area contributed by atoms with E-state index < -0.39 is 12.7 Å². The molecule has 4 heteroatoms. The van der Waals surface area contributed by atoms with Crippen LogP contribution in [0.4, 0.5) is 13.2 Å². The summed E-state index contributed by atoms with van der Waals surface area (Å²) < 4.78 is 33.5. The first-order chi connectivity index (χ1) is 3.56. The molecule has 0 aliphatic carbocycles. The Labute approximate surface area is 45.9 Å². The van der Waals surface area contributed by atoms with Gasteiger partial charge in [0.05, 0.1) is 6.54 Å². The fourth-order valence-electron chi connectivity index (χ4n) is 0.218. The highest BCUT2D eigenvalue weighted by atomic mass is 19.4. The van der Waals surface area contributed by atoms with Crippen molar-refractivity contribution in [3.8, 4) is 0 Å². The van der Waals surface area contributed by atoms with Crippen LogP contribution in [0.1, 0.15) is 6.92 Å². The summed E-state index contributed by atoms with van der Waals surface area (Å²) >= 11 is 0. The number of alkyl halides is 3. The summed E-state index contributed by atoms with van der Waals surface area (Å²) in [6, 6.07) is 0. The molecule has 0 atom stereocenters. The topological polar surface area (TPSA) is 12.0 Å². The number of rotatable bonds is 2. The van der Waals surface area contributed by atoms with Crippen LogP contribution in [0.15, 0.2) is 0 Å². The molecule has 1 N–H and O–H groups in total.